The quantitative estimate of drug-likeness (QED) is 0.767. The number of aryl methyl sites for hydroxylation is 1. The molecular formula is C15H15N5O3. The minimum atomic E-state index is -0.261. The molecule has 0 aliphatic carbocycles. The van der Waals surface area contributed by atoms with Crippen LogP contribution in [0.25, 0.3) is 17.4 Å². The summed E-state index contributed by atoms with van der Waals surface area (Å²) in [5, 5.41) is 7.03. The van der Waals surface area contributed by atoms with Gasteiger partial charge in [-0.1, -0.05) is 0 Å². The number of rotatable bonds is 3. The van der Waals surface area contributed by atoms with Gasteiger partial charge in [0, 0.05) is 24.2 Å². The number of carbonyl (C=O) groups is 1. The van der Waals surface area contributed by atoms with Gasteiger partial charge in [0.05, 0.1) is 6.26 Å². The second kappa shape index (κ2) is 5.56. The molecule has 0 bridgehead atoms. The van der Waals surface area contributed by atoms with Crippen LogP contribution in [0.15, 0.2) is 33.7 Å². The summed E-state index contributed by atoms with van der Waals surface area (Å²) < 4.78 is 6.68. The maximum atomic E-state index is 12.0. The van der Waals surface area contributed by atoms with Crippen molar-refractivity contribution in [2.45, 2.75) is 20.8 Å². The number of hydrogen-bond acceptors (Lipinski definition) is 5. The molecule has 0 aliphatic rings. The minimum Gasteiger partial charge on any atom is -0.463 e. The maximum absolute atomic E-state index is 12.0. The minimum absolute atomic E-state index is 0.222. The van der Waals surface area contributed by atoms with Crippen molar-refractivity contribution in [3.05, 3.63) is 46.1 Å². The zero-order valence-corrected chi connectivity index (χ0v) is 12.9. The number of furan rings is 1. The summed E-state index contributed by atoms with van der Waals surface area (Å²) in [6, 6.07) is 5.14. The van der Waals surface area contributed by atoms with E-state index < -0.39 is 0 Å². The lowest BCUT2D eigenvalue weighted by atomic mass is 10.3. The number of nitrogens with zero attached hydrogens (tertiary/aromatic N) is 3. The van der Waals surface area contributed by atoms with Gasteiger partial charge < -0.3 is 9.73 Å². The van der Waals surface area contributed by atoms with Gasteiger partial charge in [-0.3, -0.25) is 14.6 Å². The van der Waals surface area contributed by atoms with Crippen LogP contribution in [-0.2, 0) is 4.79 Å². The SMILES string of the molecule is CC(=O)Nc1cc(-c2ccco2)nn1-c1nc(C)c(C)c(=O)[nH]1. The fourth-order valence-electron chi connectivity index (χ4n) is 2.09. The van der Waals surface area contributed by atoms with Crippen molar-refractivity contribution < 1.29 is 9.21 Å². The van der Waals surface area contributed by atoms with E-state index in [9.17, 15) is 9.59 Å². The Balaban J connectivity index is 2.17. The van der Waals surface area contributed by atoms with E-state index in [0.717, 1.165) is 0 Å². The van der Waals surface area contributed by atoms with Crippen LogP contribution in [0.4, 0.5) is 5.82 Å². The van der Waals surface area contributed by atoms with E-state index in [1.807, 2.05) is 0 Å². The first kappa shape index (κ1) is 14.8. The first-order valence-corrected chi connectivity index (χ1v) is 6.95. The third kappa shape index (κ3) is 2.78. The standard InChI is InChI=1S/C15H15N5O3/c1-8-9(2)16-15(18-14(8)22)20-13(17-10(3)21)7-11(19-20)12-5-4-6-23-12/h4-7H,1-3H3,(H,17,21)(H,16,18,22). The normalized spacial score (nSPS) is 10.7. The Morgan fingerprint density at radius 2 is 2.17 bits per heavy atom. The van der Waals surface area contributed by atoms with Gasteiger partial charge in [0.15, 0.2) is 5.76 Å². The highest BCUT2D eigenvalue weighted by Gasteiger charge is 2.16. The first-order valence-electron chi connectivity index (χ1n) is 6.95. The molecule has 23 heavy (non-hydrogen) atoms. The lowest BCUT2D eigenvalue weighted by molar-refractivity contribution is -0.114. The average molecular weight is 313 g/mol. The van der Waals surface area contributed by atoms with Gasteiger partial charge in [-0.25, -0.2) is 4.98 Å². The number of hydrogen-bond donors (Lipinski definition) is 2. The molecule has 0 aromatic carbocycles. The van der Waals surface area contributed by atoms with Gasteiger partial charge in [0.1, 0.15) is 11.5 Å². The van der Waals surface area contributed by atoms with Gasteiger partial charge in [0.25, 0.3) is 5.56 Å². The lowest BCUT2D eigenvalue weighted by Crippen LogP contribution is -2.20. The van der Waals surface area contributed by atoms with Crippen LogP contribution >= 0.6 is 0 Å². The van der Waals surface area contributed by atoms with E-state index >= 15 is 0 Å². The maximum Gasteiger partial charge on any atom is 0.255 e. The zero-order valence-electron chi connectivity index (χ0n) is 12.9. The van der Waals surface area contributed by atoms with Crippen molar-refractivity contribution in [3.63, 3.8) is 0 Å². The predicted octanol–water partition coefficient (Wildman–Crippen LogP) is 1.79. The smallest absolute Gasteiger partial charge is 0.255 e. The van der Waals surface area contributed by atoms with Crippen LogP contribution < -0.4 is 10.9 Å². The number of anilines is 1. The Labute approximate surface area is 131 Å². The molecule has 118 valence electrons. The molecule has 0 spiro atoms. The Morgan fingerprint density at radius 1 is 1.39 bits per heavy atom. The molecule has 2 N–H and O–H groups in total. The molecule has 0 saturated carbocycles. The van der Waals surface area contributed by atoms with Crippen LogP contribution in [0.5, 0.6) is 0 Å². The molecule has 1 amide bonds. The molecule has 0 aliphatic heterocycles. The van der Waals surface area contributed by atoms with Gasteiger partial charge in [-0.05, 0) is 26.0 Å². The number of H-pyrrole nitrogens is 1. The highest BCUT2D eigenvalue weighted by molar-refractivity contribution is 5.88. The average Bonchev–Trinajstić information content (AvgIpc) is 3.12. The van der Waals surface area contributed by atoms with E-state index in [1.54, 1.807) is 32.0 Å². The van der Waals surface area contributed by atoms with E-state index in [0.29, 0.717) is 28.5 Å². The molecule has 0 saturated heterocycles. The van der Waals surface area contributed by atoms with Gasteiger partial charge >= 0.3 is 0 Å². The summed E-state index contributed by atoms with van der Waals surface area (Å²) in [4.78, 5) is 30.4. The van der Waals surface area contributed by atoms with E-state index in [4.69, 9.17) is 4.42 Å². The predicted molar refractivity (Wildman–Crippen MR) is 83.5 cm³/mol. The molecule has 3 aromatic heterocycles. The topological polar surface area (TPSA) is 106 Å². The monoisotopic (exact) mass is 313 g/mol. The van der Waals surface area contributed by atoms with Crippen molar-refractivity contribution in [1.82, 2.24) is 19.7 Å². The number of aromatic amines is 1. The molecule has 3 heterocycles. The van der Waals surface area contributed by atoms with E-state index in [1.165, 1.54) is 17.9 Å². The highest BCUT2D eigenvalue weighted by Crippen LogP contribution is 2.24. The number of carbonyl (C=O) groups excluding carboxylic acids is 1. The fourth-order valence-corrected chi connectivity index (χ4v) is 2.09. The second-order valence-electron chi connectivity index (χ2n) is 5.09. The van der Waals surface area contributed by atoms with Gasteiger partial charge in [-0.15, -0.1) is 0 Å². The van der Waals surface area contributed by atoms with Crippen LogP contribution in [0, 0.1) is 13.8 Å². The second-order valence-corrected chi connectivity index (χ2v) is 5.09. The molecule has 0 fully saturated rings. The molecule has 8 heteroatoms. The summed E-state index contributed by atoms with van der Waals surface area (Å²) in [5.41, 5.74) is 1.39. The highest BCUT2D eigenvalue weighted by atomic mass is 16.3. The molecule has 0 radical (unpaired) electrons. The third-order valence-corrected chi connectivity index (χ3v) is 3.37. The van der Waals surface area contributed by atoms with E-state index in [2.05, 4.69) is 20.4 Å². The lowest BCUT2D eigenvalue weighted by Gasteiger charge is -2.07. The molecule has 3 aromatic rings. The van der Waals surface area contributed by atoms with Crippen molar-refractivity contribution in [1.29, 1.82) is 0 Å². The molecule has 3 rings (SSSR count). The Hall–Kier alpha value is -3.16. The summed E-state index contributed by atoms with van der Waals surface area (Å²) in [6.45, 7) is 4.82. The summed E-state index contributed by atoms with van der Waals surface area (Å²) >= 11 is 0. The van der Waals surface area contributed by atoms with Crippen molar-refractivity contribution in [2.24, 2.45) is 0 Å². The summed E-state index contributed by atoms with van der Waals surface area (Å²) in [6.07, 6.45) is 1.53. The molecular weight excluding hydrogens is 298 g/mol. The van der Waals surface area contributed by atoms with Crippen LogP contribution in [0.1, 0.15) is 18.2 Å². The molecule has 0 atom stereocenters. The molecule has 8 nitrogen and oxygen atoms in total. The Kier molecular flexibility index (Phi) is 3.57. The van der Waals surface area contributed by atoms with Crippen molar-refractivity contribution in [2.75, 3.05) is 5.32 Å². The Morgan fingerprint density at radius 3 is 2.78 bits per heavy atom. The number of amides is 1. The van der Waals surface area contributed by atoms with E-state index in [-0.39, 0.29) is 17.4 Å². The van der Waals surface area contributed by atoms with Gasteiger partial charge in [0.2, 0.25) is 11.9 Å². The van der Waals surface area contributed by atoms with Gasteiger partial charge in [-0.2, -0.15) is 9.78 Å². The van der Waals surface area contributed by atoms with Crippen molar-refractivity contribution in [3.8, 4) is 17.4 Å². The van der Waals surface area contributed by atoms with Crippen LogP contribution in [0.3, 0.4) is 0 Å². The largest absolute Gasteiger partial charge is 0.463 e. The first-order chi connectivity index (χ1) is 11.0. The number of nitrogens with one attached hydrogen (secondary N) is 2. The zero-order chi connectivity index (χ0) is 16.6. The van der Waals surface area contributed by atoms with Crippen molar-refractivity contribution >= 4 is 11.7 Å². The third-order valence-electron chi connectivity index (χ3n) is 3.37. The molecule has 0 unspecified atom stereocenters. The number of aromatic nitrogens is 4. The summed E-state index contributed by atoms with van der Waals surface area (Å²) in [7, 11) is 0. The van der Waals surface area contributed by atoms with Crippen LogP contribution in [0.2, 0.25) is 0 Å². The fraction of sp³-hybridized carbons (Fsp3) is 0.200. The Bertz CT molecular complexity index is 921. The summed E-state index contributed by atoms with van der Waals surface area (Å²) in [5.74, 6) is 0.889. The van der Waals surface area contributed by atoms with Crippen LogP contribution in [-0.4, -0.2) is 25.7 Å².